The van der Waals surface area contributed by atoms with Gasteiger partial charge in [0.05, 0.1) is 6.10 Å². The Balaban J connectivity index is 2.34. The van der Waals surface area contributed by atoms with Crippen molar-refractivity contribution in [2.24, 2.45) is 0 Å². The van der Waals surface area contributed by atoms with Crippen LogP contribution in [0.3, 0.4) is 0 Å². The van der Waals surface area contributed by atoms with Gasteiger partial charge in [0.1, 0.15) is 10.6 Å². The molecule has 2 rings (SSSR count). The summed E-state index contributed by atoms with van der Waals surface area (Å²) in [5, 5.41) is 0. The van der Waals surface area contributed by atoms with Crippen LogP contribution >= 0.6 is 0 Å². The Morgan fingerprint density at radius 1 is 1.33 bits per heavy atom. The van der Waals surface area contributed by atoms with E-state index in [9.17, 15) is 8.42 Å². The molecular weight excluding hydrogens is 252 g/mol. The first-order valence-electron chi connectivity index (χ1n) is 6.02. The standard InChI is InChI=1S/C12H18N2O3S/c1-14-18(15,16)12-8-9(13)6-7-11(12)17-10-4-2-3-5-10/h6-8,10,14H,2-5,13H2,1H3. The Bertz CT molecular complexity index is 522. The van der Waals surface area contributed by atoms with Gasteiger partial charge in [-0.25, -0.2) is 13.1 Å². The fraction of sp³-hybridized carbons (Fsp3) is 0.500. The van der Waals surface area contributed by atoms with Crippen molar-refractivity contribution >= 4 is 15.7 Å². The van der Waals surface area contributed by atoms with Crippen LogP contribution in [-0.4, -0.2) is 21.6 Å². The van der Waals surface area contributed by atoms with Gasteiger partial charge in [-0.15, -0.1) is 0 Å². The third-order valence-electron chi connectivity index (χ3n) is 3.12. The Hall–Kier alpha value is -1.27. The lowest BCUT2D eigenvalue weighted by atomic mass is 10.3. The highest BCUT2D eigenvalue weighted by Gasteiger charge is 2.22. The molecule has 1 saturated carbocycles. The average molecular weight is 270 g/mol. The first kappa shape index (κ1) is 13.2. The minimum atomic E-state index is -3.55. The average Bonchev–Trinajstić information content (AvgIpc) is 2.84. The molecule has 0 amide bonds. The van der Waals surface area contributed by atoms with Gasteiger partial charge in [-0.05, 0) is 50.9 Å². The number of nitrogens with one attached hydrogen (secondary N) is 1. The Kier molecular flexibility index (Phi) is 3.77. The largest absolute Gasteiger partial charge is 0.489 e. The SMILES string of the molecule is CNS(=O)(=O)c1cc(N)ccc1OC1CCCC1. The van der Waals surface area contributed by atoms with Crippen molar-refractivity contribution in [3.63, 3.8) is 0 Å². The molecule has 1 aliphatic rings. The summed E-state index contributed by atoms with van der Waals surface area (Å²) in [6, 6.07) is 4.70. The smallest absolute Gasteiger partial charge is 0.244 e. The highest BCUT2D eigenvalue weighted by atomic mass is 32.2. The molecule has 1 fully saturated rings. The van der Waals surface area contributed by atoms with Gasteiger partial charge in [-0.2, -0.15) is 0 Å². The van der Waals surface area contributed by atoms with Crippen LogP contribution in [0.1, 0.15) is 25.7 Å². The molecule has 18 heavy (non-hydrogen) atoms. The maximum Gasteiger partial charge on any atom is 0.244 e. The first-order chi connectivity index (χ1) is 8.53. The summed E-state index contributed by atoms with van der Waals surface area (Å²) < 4.78 is 31.9. The van der Waals surface area contributed by atoms with Crippen molar-refractivity contribution in [3.05, 3.63) is 18.2 Å². The van der Waals surface area contributed by atoms with Crippen LogP contribution in [0.25, 0.3) is 0 Å². The van der Waals surface area contributed by atoms with E-state index in [-0.39, 0.29) is 11.0 Å². The topological polar surface area (TPSA) is 81.4 Å². The van der Waals surface area contributed by atoms with Gasteiger partial charge in [-0.3, -0.25) is 0 Å². The molecule has 0 saturated heterocycles. The summed E-state index contributed by atoms with van der Waals surface area (Å²) in [6.45, 7) is 0. The van der Waals surface area contributed by atoms with Gasteiger partial charge >= 0.3 is 0 Å². The van der Waals surface area contributed by atoms with Gasteiger partial charge in [0, 0.05) is 5.69 Å². The van der Waals surface area contributed by atoms with Crippen LogP contribution in [0.2, 0.25) is 0 Å². The third kappa shape index (κ3) is 2.76. The highest BCUT2D eigenvalue weighted by molar-refractivity contribution is 7.89. The molecule has 1 aromatic carbocycles. The minimum absolute atomic E-state index is 0.108. The van der Waals surface area contributed by atoms with Crippen molar-refractivity contribution < 1.29 is 13.2 Å². The molecule has 0 radical (unpaired) electrons. The quantitative estimate of drug-likeness (QED) is 0.812. The summed E-state index contributed by atoms with van der Waals surface area (Å²) in [7, 11) is -2.18. The molecule has 0 aliphatic heterocycles. The molecule has 0 aromatic heterocycles. The molecular formula is C12H18N2O3S. The zero-order valence-electron chi connectivity index (χ0n) is 10.3. The summed E-state index contributed by atoms with van der Waals surface area (Å²) in [6.07, 6.45) is 4.33. The number of nitrogens with two attached hydrogens (primary N) is 1. The zero-order valence-corrected chi connectivity index (χ0v) is 11.2. The predicted octanol–water partition coefficient (Wildman–Crippen LogP) is 1.50. The second kappa shape index (κ2) is 5.16. The van der Waals surface area contributed by atoms with E-state index in [2.05, 4.69) is 4.72 Å². The van der Waals surface area contributed by atoms with Crippen molar-refractivity contribution in [1.82, 2.24) is 4.72 Å². The summed E-state index contributed by atoms with van der Waals surface area (Å²) in [5.41, 5.74) is 6.04. The number of ether oxygens (including phenoxy) is 1. The molecule has 0 heterocycles. The van der Waals surface area contributed by atoms with Crippen LogP contribution < -0.4 is 15.2 Å². The van der Waals surface area contributed by atoms with E-state index in [4.69, 9.17) is 10.5 Å². The maximum atomic E-state index is 11.9. The van der Waals surface area contributed by atoms with Crippen LogP contribution in [0.5, 0.6) is 5.75 Å². The number of sulfonamides is 1. The Morgan fingerprint density at radius 2 is 2.00 bits per heavy atom. The number of nitrogen functional groups attached to an aromatic ring is 1. The van der Waals surface area contributed by atoms with Crippen LogP contribution in [0.4, 0.5) is 5.69 Å². The molecule has 6 heteroatoms. The van der Waals surface area contributed by atoms with E-state index < -0.39 is 10.0 Å². The second-order valence-electron chi connectivity index (χ2n) is 4.44. The molecule has 3 N–H and O–H groups in total. The van der Waals surface area contributed by atoms with E-state index in [1.54, 1.807) is 12.1 Å². The zero-order chi connectivity index (χ0) is 13.2. The van der Waals surface area contributed by atoms with E-state index >= 15 is 0 Å². The first-order valence-corrected chi connectivity index (χ1v) is 7.51. The van der Waals surface area contributed by atoms with E-state index in [0.717, 1.165) is 25.7 Å². The summed E-state index contributed by atoms with van der Waals surface area (Å²) in [4.78, 5) is 0.108. The second-order valence-corrected chi connectivity index (χ2v) is 6.29. The maximum absolute atomic E-state index is 11.9. The van der Waals surface area contributed by atoms with Crippen LogP contribution in [0, 0.1) is 0 Å². The fourth-order valence-electron chi connectivity index (χ4n) is 2.13. The highest BCUT2D eigenvalue weighted by Crippen LogP contribution is 2.30. The van der Waals surface area contributed by atoms with Gasteiger partial charge in [0.2, 0.25) is 10.0 Å². The number of hydrogen-bond acceptors (Lipinski definition) is 4. The molecule has 0 atom stereocenters. The monoisotopic (exact) mass is 270 g/mol. The van der Waals surface area contributed by atoms with Crippen LogP contribution in [-0.2, 0) is 10.0 Å². The number of benzene rings is 1. The lowest BCUT2D eigenvalue weighted by Gasteiger charge is -2.16. The molecule has 0 unspecified atom stereocenters. The van der Waals surface area contributed by atoms with Gasteiger partial charge in [-0.1, -0.05) is 0 Å². The van der Waals surface area contributed by atoms with Gasteiger partial charge < -0.3 is 10.5 Å². The molecule has 5 nitrogen and oxygen atoms in total. The normalized spacial score (nSPS) is 16.9. The Labute approximate surface area is 107 Å². The number of hydrogen-bond donors (Lipinski definition) is 2. The molecule has 100 valence electrons. The Morgan fingerprint density at radius 3 is 2.61 bits per heavy atom. The lowest BCUT2D eigenvalue weighted by Crippen LogP contribution is -2.21. The molecule has 0 bridgehead atoms. The molecule has 1 aliphatic carbocycles. The lowest BCUT2D eigenvalue weighted by molar-refractivity contribution is 0.204. The summed E-state index contributed by atoms with van der Waals surface area (Å²) >= 11 is 0. The third-order valence-corrected chi connectivity index (χ3v) is 4.56. The molecule has 0 spiro atoms. The van der Waals surface area contributed by atoms with E-state index in [1.165, 1.54) is 13.1 Å². The number of anilines is 1. The molecule has 1 aromatic rings. The number of rotatable bonds is 4. The van der Waals surface area contributed by atoms with Crippen molar-refractivity contribution in [2.75, 3.05) is 12.8 Å². The van der Waals surface area contributed by atoms with E-state index in [0.29, 0.717) is 11.4 Å². The van der Waals surface area contributed by atoms with Gasteiger partial charge in [0.25, 0.3) is 0 Å². The fourth-order valence-corrected chi connectivity index (χ4v) is 3.02. The minimum Gasteiger partial charge on any atom is -0.489 e. The van der Waals surface area contributed by atoms with Crippen molar-refractivity contribution in [3.8, 4) is 5.75 Å². The predicted molar refractivity (Wildman–Crippen MR) is 70.0 cm³/mol. The summed E-state index contributed by atoms with van der Waals surface area (Å²) in [5.74, 6) is 0.380. The van der Waals surface area contributed by atoms with Crippen molar-refractivity contribution in [2.45, 2.75) is 36.7 Å². The van der Waals surface area contributed by atoms with Crippen molar-refractivity contribution in [1.29, 1.82) is 0 Å². The van der Waals surface area contributed by atoms with Crippen LogP contribution in [0.15, 0.2) is 23.1 Å². The van der Waals surface area contributed by atoms with Gasteiger partial charge in [0.15, 0.2) is 0 Å². The van der Waals surface area contributed by atoms with E-state index in [1.807, 2.05) is 0 Å².